The minimum absolute atomic E-state index is 0.110. The van der Waals surface area contributed by atoms with E-state index in [1.165, 1.54) is 13.0 Å². The molecule has 3 amide bonds. The number of amides is 3. The molecule has 0 saturated carbocycles. The first-order valence-corrected chi connectivity index (χ1v) is 8.32. The zero-order valence-corrected chi connectivity index (χ0v) is 14.7. The van der Waals surface area contributed by atoms with Gasteiger partial charge in [0.05, 0.1) is 23.1 Å². The summed E-state index contributed by atoms with van der Waals surface area (Å²) >= 11 is 0. The molecule has 4 rings (SSSR count). The number of imide groups is 1. The van der Waals surface area contributed by atoms with Gasteiger partial charge in [0.25, 0.3) is 5.91 Å². The summed E-state index contributed by atoms with van der Waals surface area (Å²) in [4.78, 5) is 30.7. The van der Waals surface area contributed by atoms with E-state index in [1.807, 2.05) is 24.3 Å². The fraction of sp³-hybridized carbons (Fsp3) is 0.211. The van der Waals surface area contributed by atoms with Gasteiger partial charge < -0.3 is 9.88 Å². The molecule has 1 aliphatic heterocycles. The second kappa shape index (κ2) is 5.87. The summed E-state index contributed by atoms with van der Waals surface area (Å²) in [5.41, 5.74) is -0.722. The number of nitrogens with zero attached hydrogens (tertiary/aromatic N) is 3. The topological polar surface area (TPSA) is 67.2 Å². The first-order chi connectivity index (χ1) is 12.8. The maximum Gasteiger partial charge on any atom is 0.325 e. The maximum absolute atomic E-state index is 14.2. The zero-order valence-electron chi connectivity index (χ0n) is 14.7. The monoisotopic (exact) mass is 370 g/mol. The standard InChI is InChI=1S/C19H16F2N4O2/c1-19(16-11(20)6-5-7-12(16)21)17(26)25(18(27)23-19)10-15-22-13-8-3-4-9-14(13)24(15)2/h3-9H,10H2,1-2H3,(H,23,27)/t19-/m1/s1. The molecule has 6 nitrogen and oxygen atoms in total. The number of imidazole rings is 1. The number of benzene rings is 2. The van der Waals surface area contributed by atoms with Crippen molar-refractivity contribution in [2.24, 2.45) is 7.05 Å². The molecule has 138 valence electrons. The fourth-order valence-corrected chi connectivity index (χ4v) is 3.46. The predicted molar refractivity (Wildman–Crippen MR) is 93.5 cm³/mol. The lowest BCUT2D eigenvalue weighted by Crippen LogP contribution is -2.42. The van der Waals surface area contributed by atoms with Crippen molar-refractivity contribution in [2.45, 2.75) is 19.0 Å². The molecule has 3 aromatic rings. The summed E-state index contributed by atoms with van der Waals surface area (Å²) in [6.45, 7) is 1.19. The van der Waals surface area contributed by atoms with Crippen LogP contribution in [-0.2, 0) is 23.9 Å². The molecular formula is C19H16F2N4O2. The van der Waals surface area contributed by atoms with Crippen molar-refractivity contribution in [2.75, 3.05) is 0 Å². The number of nitrogens with one attached hydrogen (secondary N) is 1. The molecule has 2 heterocycles. The molecule has 1 aromatic heterocycles. The number of rotatable bonds is 3. The molecule has 0 aliphatic carbocycles. The Morgan fingerprint density at radius 1 is 1.07 bits per heavy atom. The summed E-state index contributed by atoms with van der Waals surface area (Å²) in [5, 5.41) is 2.42. The van der Waals surface area contributed by atoms with Crippen molar-refractivity contribution in [1.82, 2.24) is 19.8 Å². The fourth-order valence-electron chi connectivity index (χ4n) is 3.46. The Bertz CT molecular complexity index is 1070. The maximum atomic E-state index is 14.2. The van der Waals surface area contributed by atoms with Crippen molar-refractivity contribution in [3.05, 3.63) is 65.5 Å². The van der Waals surface area contributed by atoms with Gasteiger partial charge in [-0.25, -0.2) is 18.6 Å². The van der Waals surface area contributed by atoms with Crippen LogP contribution in [0.1, 0.15) is 18.3 Å². The Balaban J connectivity index is 1.72. The van der Waals surface area contributed by atoms with Crippen molar-refractivity contribution < 1.29 is 18.4 Å². The lowest BCUT2D eigenvalue weighted by atomic mass is 9.91. The molecule has 0 unspecified atom stereocenters. The lowest BCUT2D eigenvalue weighted by Gasteiger charge is -2.23. The summed E-state index contributed by atoms with van der Waals surface area (Å²) in [6, 6.07) is 9.98. The number of hydrogen-bond acceptors (Lipinski definition) is 3. The van der Waals surface area contributed by atoms with Crippen molar-refractivity contribution >= 4 is 23.0 Å². The van der Waals surface area contributed by atoms with Crippen LogP contribution in [-0.4, -0.2) is 26.4 Å². The molecule has 8 heteroatoms. The van der Waals surface area contributed by atoms with Crippen LogP contribution in [0.5, 0.6) is 0 Å². The van der Waals surface area contributed by atoms with Crippen LogP contribution < -0.4 is 5.32 Å². The van der Waals surface area contributed by atoms with E-state index in [9.17, 15) is 18.4 Å². The normalized spacial score (nSPS) is 19.8. The van der Waals surface area contributed by atoms with Gasteiger partial charge >= 0.3 is 6.03 Å². The molecule has 1 atom stereocenters. The van der Waals surface area contributed by atoms with Gasteiger partial charge in [-0.3, -0.25) is 9.69 Å². The van der Waals surface area contributed by atoms with Crippen molar-refractivity contribution in [1.29, 1.82) is 0 Å². The van der Waals surface area contributed by atoms with Crippen molar-refractivity contribution in [3.63, 3.8) is 0 Å². The number of para-hydroxylation sites is 2. The largest absolute Gasteiger partial charge is 0.330 e. The molecule has 0 spiro atoms. The second-order valence-electron chi connectivity index (χ2n) is 6.62. The predicted octanol–water partition coefficient (Wildman–Crippen LogP) is 2.82. The smallest absolute Gasteiger partial charge is 0.325 e. The molecule has 27 heavy (non-hydrogen) atoms. The Hall–Kier alpha value is -3.29. The summed E-state index contributed by atoms with van der Waals surface area (Å²) < 4.78 is 30.2. The highest BCUT2D eigenvalue weighted by Gasteiger charge is 2.51. The third kappa shape index (κ3) is 2.48. The van der Waals surface area contributed by atoms with E-state index in [1.54, 1.807) is 11.6 Å². The third-order valence-corrected chi connectivity index (χ3v) is 4.92. The third-order valence-electron chi connectivity index (χ3n) is 4.92. The van der Waals surface area contributed by atoms with Gasteiger partial charge in [-0.05, 0) is 31.2 Å². The van der Waals surface area contributed by atoms with Crippen LogP contribution in [0.25, 0.3) is 11.0 Å². The number of carbonyl (C=O) groups excluding carboxylic acids is 2. The van der Waals surface area contributed by atoms with E-state index in [2.05, 4.69) is 10.3 Å². The van der Waals surface area contributed by atoms with E-state index >= 15 is 0 Å². The van der Waals surface area contributed by atoms with Crippen molar-refractivity contribution in [3.8, 4) is 0 Å². The first-order valence-electron chi connectivity index (χ1n) is 8.32. The molecule has 1 aliphatic rings. The lowest BCUT2D eigenvalue weighted by molar-refractivity contribution is -0.131. The SMILES string of the molecule is Cn1c(CN2C(=O)N[C@](C)(c3c(F)cccc3F)C2=O)nc2ccccc21. The van der Waals surface area contributed by atoms with E-state index in [0.29, 0.717) is 5.82 Å². The van der Waals surface area contributed by atoms with Crippen LogP contribution in [0.15, 0.2) is 42.5 Å². The van der Waals surface area contributed by atoms with Crippen LogP contribution in [0, 0.1) is 11.6 Å². The first kappa shape index (κ1) is 17.1. The minimum Gasteiger partial charge on any atom is -0.330 e. The Labute approximate surface area is 153 Å². The highest BCUT2D eigenvalue weighted by molar-refractivity contribution is 6.07. The van der Waals surface area contributed by atoms with Gasteiger partial charge in [-0.15, -0.1) is 0 Å². The quantitative estimate of drug-likeness (QED) is 0.721. The number of hydrogen-bond donors (Lipinski definition) is 1. The minimum atomic E-state index is -1.82. The van der Waals surface area contributed by atoms with Gasteiger partial charge in [0, 0.05) is 7.05 Å². The Kier molecular flexibility index (Phi) is 3.73. The highest BCUT2D eigenvalue weighted by atomic mass is 19.1. The van der Waals surface area contributed by atoms with Crippen LogP contribution in [0.3, 0.4) is 0 Å². The number of aromatic nitrogens is 2. The van der Waals surface area contributed by atoms with Gasteiger partial charge in [0.1, 0.15) is 23.0 Å². The van der Waals surface area contributed by atoms with Crippen LogP contribution >= 0.6 is 0 Å². The summed E-state index contributed by atoms with van der Waals surface area (Å²) in [5.74, 6) is -2.03. The number of urea groups is 1. The molecule has 0 bridgehead atoms. The second-order valence-corrected chi connectivity index (χ2v) is 6.62. The number of fused-ring (bicyclic) bond motifs is 1. The molecular weight excluding hydrogens is 354 g/mol. The molecule has 1 fully saturated rings. The van der Waals surface area contributed by atoms with Crippen LogP contribution in [0.2, 0.25) is 0 Å². The molecule has 2 aromatic carbocycles. The number of halogens is 2. The average molecular weight is 370 g/mol. The van der Waals surface area contributed by atoms with E-state index in [4.69, 9.17) is 0 Å². The number of aryl methyl sites for hydroxylation is 1. The summed E-state index contributed by atoms with van der Waals surface area (Å²) in [6.07, 6.45) is 0. The van der Waals surface area contributed by atoms with Gasteiger partial charge in [0.15, 0.2) is 0 Å². The average Bonchev–Trinajstić information content (AvgIpc) is 3.05. The zero-order chi connectivity index (χ0) is 19.3. The van der Waals surface area contributed by atoms with Gasteiger partial charge in [-0.1, -0.05) is 18.2 Å². The van der Waals surface area contributed by atoms with Gasteiger partial charge in [-0.2, -0.15) is 0 Å². The number of carbonyl (C=O) groups is 2. The Morgan fingerprint density at radius 3 is 2.41 bits per heavy atom. The van der Waals surface area contributed by atoms with E-state index in [0.717, 1.165) is 28.1 Å². The Morgan fingerprint density at radius 2 is 1.74 bits per heavy atom. The molecule has 0 radical (unpaired) electrons. The van der Waals surface area contributed by atoms with Gasteiger partial charge in [0.2, 0.25) is 0 Å². The summed E-state index contributed by atoms with van der Waals surface area (Å²) in [7, 11) is 1.78. The molecule has 1 N–H and O–H groups in total. The van der Waals surface area contributed by atoms with E-state index in [-0.39, 0.29) is 6.54 Å². The van der Waals surface area contributed by atoms with Crippen LogP contribution in [0.4, 0.5) is 13.6 Å². The highest BCUT2D eigenvalue weighted by Crippen LogP contribution is 2.33. The van der Waals surface area contributed by atoms with E-state index < -0.39 is 34.7 Å². The molecule has 1 saturated heterocycles.